The van der Waals surface area contributed by atoms with Crippen LogP contribution < -0.4 is 5.32 Å². The first-order chi connectivity index (χ1) is 8.41. The Labute approximate surface area is 124 Å². The van der Waals surface area contributed by atoms with Crippen LogP contribution >= 0.6 is 31.9 Å². The molecule has 0 aliphatic rings. The van der Waals surface area contributed by atoms with Crippen molar-refractivity contribution in [3.05, 3.63) is 28.2 Å². The molecule has 1 aromatic rings. The van der Waals surface area contributed by atoms with Gasteiger partial charge in [-0.15, -0.1) is 0 Å². The fourth-order valence-corrected chi connectivity index (χ4v) is 2.80. The van der Waals surface area contributed by atoms with E-state index in [4.69, 9.17) is 0 Å². The number of phenols is 1. The molecule has 1 aromatic carbocycles. The van der Waals surface area contributed by atoms with Crippen molar-refractivity contribution in [1.82, 2.24) is 5.32 Å². The average Bonchev–Trinajstić information content (AvgIpc) is 2.28. The van der Waals surface area contributed by atoms with E-state index < -0.39 is 0 Å². The van der Waals surface area contributed by atoms with Crippen molar-refractivity contribution >= 4 is 37.8 Å². The van der Waals surface area contributed by atoms with Crippen molar-refractivity contribution in [3.8, 4) is 5.75 Å². The number of benzene rings is 1. The molecule has 0 spiro atoms. The summed E-state index contributed by atoms with van der Waals surface area (Å²) in [6.07, 6.45) is 1.67. The van der Waals surface area contributed by atoms with Crippen molar-refractivity contribution in [2.75, 3.05) is 5.33 Å². The van der Waals surface area contributed by atoms with Gasteiger partial charge < -0.3 is 10.4 Å². The second kappa shape index (κ2) is 6.57. The van der Waals surface area contributed by atoms with Gasteiger partial charge >= 0.3 is 0 Å². The van der Waals surface area contributed by atoms with Crippen LogP contribution in [0.3, 0.4) is 0 Å². The van der Waals surface area contributed by atoms with Gasteiger partial charge in [0.15, 0.2) is 0 Å². The maximum absolute atomic E-state index is 12.1. The molecular weight excluding hydrogens is 362 g/mol. The molecule has 0 fully saturated rings. The SMILES string of the molecule is CCC(C)(CCBr)NC(=O)c1ccc(Br)cc1O. The second-order valence-electron chi connectivity index (χ2n) is 4.47. The van der Waals surface area contributed by atoms with Gasteiger partial charge in [-0.1, -0.05) is 38.8 Å². The molecule has 0 aliphatic carbocycles. The number of carbonyl (C=O) groups excluding carboxylic acids is 1. The molecule has 0 saturated heterocycles. The summed E-state index contributed by atoms with van der Waals surface area (Å²) in [6, 6.07) is 4.87. The summed E-state index contributed by atoms with van der Waals surface area (Å²) >= 11 is 6.64. The molecule has 0 saturated carbocycles. The van der Waals surface area contributed by atoms with E-state index in [1.165, 1.54) is 6.07 Å². The Hall–Kier alpha value is -0.550. The fraction of sp³-hybridized carbons (Fsp3) is 0.462. The number of phenolic OH excluding ortho intramolecular Hbond substituents is 1. The minimum absolute atomic E-state index is 0.0147. The highest BCUT2D eigenvalue weighted by molar-refractivity contribution is 9.10. The Kier molecular flexibility index (Phi) is 5.66. The van der Waals surface area contributed by atoms with Crippen LogP contribution in [-0.4, -0.2) is 21.9 Å². The van der Waals surface area contributed by atoms with Crippen LogP contribution in [0.25, 0.3) is 0 Å². The van der Waals surface area contributed by atoms with E-state index in [1.807, 2.05) is 13.8 Å². The Morgan fingerprint density at radius 3 is 2.67 bits per heavy atom. The van der Waals surface area contributed by atoms with Crippen molar-refractivity contribution in [2.24, 2.45) is 0 Å². The predicted octanol–water partition coefficient (Wildman–Crippen LogP) is 3.84. The minimum Gasteiger partial charge on any atom is -0.507 e. The highest BCUT2D eigenvalue weighted by Crippen LogP contribution is 2.24. The van der Waals surface area contributed by atoms with Gasteiger partial charge in [0, 0.05) is 15.3 Å². The third kappa shape index (κ3) is 3.99. The maximum atomic E-state index is 12.1. The van der Waals surface area contributed by atoms with Gasteiger partial charge in [-0.05, 0) is 38.0 Å². The highest BCUT2D eigenvalue weighted by atomic mass is 79.9. The summed E-state index contributed by atoms with van der Waals surface area (Å²) in [7, 11) is 0. The van der Waals surface area contributed by atoms with Gasteiger partial charge in [0.1, 0.15) is 5.75 Å². The van der Waals surface area contributed by atoms with Gasteiger partial charge in [0.25, 0.3) is 5.91 Å². The summed E-state index contributed by atoms with van der Waals surface area (Å²) in [5.41, 5.74) is 0.0348. The summed E-state index contributed by atoms with van der Waals surface area (Å²) in [6.45, 7) is 4.03. The molecule has 0 aromatic heterocycles. The zero-order chi connectivity index (χ0) is 13.8. The van der Waals surface area contributed by atoms with Crippen molar-refractivity contribution in [3.63, 3.8) is 0 Å². The first-order valence-electron chi connectivity index (χ1n) is 5.79. The quantitative estimate of drug-likeness (QED) is 0.764. The van der Waals surface area contributed by atoms with E-state index in [1.54, 1.807) is 12.1 Å². The van der Waals surface area contributed by atoms with Crippen LogP contribution in [0.5, 0.6) is 5.75 Å². The summed E-state index contributed by atoms with van der Waals surface area (Å²) in [5, 5.41) is 13.6. The second-order valence-corrected chi connectivity index (χ2v) is 6.18. The van der Waals surface area contributed by atoms with Gasteiger partial charge in [-0.3, -0.25) is 4.79 Å². The van der Waals surface area contributed by atoms with E-state index in [-0.39, 0.29) is 17.2 Å². The molecule has 100 valence electrons. The molecule has 1 atom stereocenters. The number of rotatable bonds is 5. The minimum atomic E-state index is -0.264. The number of alkyl halides is 1. The van der Waals surface area contributed by atoms with Crippen LogP contribution in [-0.2, 0) is 0 Å². The number of amides is 1. The number of halogens is 2. The van der Waals surface area contributed by atoms with Crippen LogP contribution in [0.4, 0.5) is 0 Å². The lowest BCUT2D eigenvalue weighted by molar-refractivity contribution is 0.0899. The van der Waals surface area contributed by atoms with Gasteiger partial charge in [-0.25, -0.2) is 0 Å². The third-order valence-corrected chi connectivity index (χ3v) is 3.94. The molecular formula is C13H17Br2NO2. The lowest BCUT2D eigenvalue weighted by Crippen LogP contribution is -2.45. The largest absolute Gasteiger partial charge is 0.507 e. The molecule has 18 heavy (non-hydrogen) atoms. The zero-order valence-electron chi connectivity index (χ0n) is 10.5. The van der Waals surface area contributed by atoms with E-state index in [0.717, 1.165) is 22.6 Å². The molecule has 0 bridgehead atoms. The number of aromatic hydroxyl groups is 1. The molecule has 3 nitrogen and oxygen atoms in total. The van der Waals surface area contributed by atoms with E-state index in [2.05, 4.69) is 37.2 Å². The predicted molar refractivity (Wildman–Crippen MR) is 80.4 cm³/mol. The molecule has 1 amide bonds. The molecule has 1 unspecified atom stereocenters. The van der Waals surface area contributed by atoms with Crippen molar-refractivity contribution in [2.45, 2.75) is 32.2 Å². The summed E-state index contributed by atoms with van der Waals surface area (Å²) in [4.78, 5) is 12.1. The van der Waals surface area contributed by atoms with Crippen LogP contribution in [0.2, 0.25) is 0 Å². The molecule has 0 aliphatic heterocycles. The lowest BCUT2D eigenvalue weighted by atomic mass is 9.95. The highest BCUT2D eigenvalue weighted by Gasteiger charge is 2.25. The maximum Gasteiger partial charge on any atom is 0.255 e. The topological polar surface area (TPSA) is 49.3 Å². The van der Waals surface area contributed by atoms with Crippen LogP contribution in [0.1, 0.15) is 37.0 Å². The Balaban J connectivity index is 2.87. The number of hydrogen-bond donors (Lipinski definition) is 2. The molecule has 0 heterocycles. The van der Waals surface area contributed by atoms with Crippen LogP contribution in [0, 0.1) is 0 Å². The van der Waals surface area contributed by atoms with E-state index >= 15 is 0 Å². The lowest BCUT2D eigenvalue weighted by Gasteiger charge is -2.29. The normalized spacial score (nSPS) is 14.0. The number of hydrogen-bond acceptors (Lipinski definition) is 2. The number of nitrogens with one attached hydrogen (secondary N) is 1. The Morgan fingerprint density at radius 2 is 2.17 bits per heavy atom. The summed E-state index contributed by atoms with van der Waals surface area (Å²) < 4.78 is 0.746. The van der Waals surface area contributed by atoms with Gasteiger partial charge in [-0.2, -0.15) is 0 Å². The first-order valence-corrected chi connectivity index (χ1v) is 7.70. The van der Waals surface area contributed by atoms with Gasteiger partial charge in [0.05, 0.1) is 5.56 Å². The Morgan fingerprint density at radius 1 is 1.50 bits per heavy atom. The molecule has 1 rings (SSSR count). The van der Waals surface area contributed by atoms with E-state index in [9.17, 15) is 9.90 Å². The Bertz CT molecular complexity index is 437. The van der Waals surface area contributed by atoms with Gasteiger partial charge in [0.2, 0.25) is 0 Å². The zero-order valence-corrected chi connectivity index (χ0v) is 13.6. The summed E-state index contributed by atoms with van der Waals surface area (Å²) in [5.74, 6) is -0.260. The molecule has 5 heteroatoms. The van der Waals surface area contributed by atoms with E-state index in [0.29, 0.717) is 5.56 Å². The monoisotopic (exact) mass is 377 g/mol. The smallest absolute Gasteiger partial charge is 0.255 e. The average molecular weight is 379 g/mol. The standard InChI is InChI=1S/C13H17Br2NO2/c1-3-13(2,6-7-14)16-12(18)10-5-4-9(15)8-11(10)17/h4-5,8,17H,3,6-7H2,1-2H3,(H,16,18). The molecule has 0 radical (unpaired) electrons. The van der Waals surface area contributed by atoms with Crippen LogP contribution in [0.15, 0.2) is 22.7 Å². The first kappa shape index (κ1) is 15.5. The van der Waals surface area contributed by atoms with Crippen molar-refractivity contribution in [1.29, 1.82) is 0 Å². The molecule has 2 N–H and O–H groups in total. The fourth-order valence-electron chi connectivity index (χ4n) is 1.57. The van der Waals surface area contributed by atoms with Crippen molar-refractivity contribution < 1.29 is 9.90 Å². The number of carbonyl (C=O) groups is 1. The third-order valence-electron chi connectivity index (χ3n) is 3.05.